The van der Waals surface area contributed by atoms with Crippen LogP contribution in [0.1, 0.15) is 24.0 Å². The third kappa shape index (κ3) is 4.70. The highest BCUT2D eigenvalue weighted by Gasteiger charge is 2.30. The molecule has 0 amide bonds. The molecule has 0 aliphatic carbocycles. The first-order valence-corrected chi connectivity index (χ1v) is 10.1. The molecule has 1 unspecified atom stereocenters. The summed E-state index contributed by atoms with van der Waals surface area (Å²) in [7, 11) is -1.91. The number of hydrogen-bond donors (Lipinski definition) is 0. The van der Waals surface area contributed by atoms with Crippen molar-refractivity contribution in [3.8, 4) is 11.9 Å². The van der Waals surface area contributed by atoms with E-state index in [-0.39, 0.29) is 17.9 Å². The summed E-state index contributed by atoms with van der Waals surface area (Å²) in [5, 5.41) is 0. The fourth-order valence-electron chi connectivity index (χ4n) is 2.90. The number of sulfonamides is 1. The van der Waals surface area contributed by atoms with Gasteiger partial charge in [-0.1, -0.05) is 29.8 Å². The fourth-order valence-corrected chi connectivity index (χ4v) is 4.50. The average Bonchev–Trinajstić information content (AvgIpc) is 2.64. The molecule has 2 aromatic rings. The third-order valence-corrected chi connectivity index (χ3v) is 6.10. The molecule has 0 N–H and O–H groups in total. The average molecular weight is 377 g/mol. The Morgan fingerprint density at radius 2 is 2.00 bits per heavy atom. The predicted molar refractivity (Wildman–Crippen MR) is 97.6 cm³/mol. The molecule has 1 atom stereocenters. The number of methoxy groups -OCH3 is 1. The van der Waals surface area contributed by atoms with Crippen LogP contribution in [-0.2, 0) is 15.8 Å². The Hall–Kier alpha value is -2.19. The van der Waals surface area contributed by atoms with E-state index >= 15 is 0 Å². The molecule has 1 saturated heterocycles. The van der Waals surface area contributed by atoms with Gasteiger partial charge in [0.1, 0.15) is 6.10 Å². The molecule has 0 radical (unpaired) electrons. The topological polar surface area (TPSA) is 81.6 Å². The van der Waals surface area contributed by atoms with Gasteiger partial charge in [-0.25, -0.2) is 13.4 Å². The van der Waals surface area contributed by atoms with Crippen LogP contribution in [-0.4, -0.2) is 49.0 Å². The summed E-state index contributed by atoms with van der Waals surface area (Å²) < 4.78 is 37.9. The monoisotopic (exact) mass is 377 g/mol. The van der Waals surface area contributed by atoms with Crippen LogP contribution in [0.4, 0.5) is 0 Å². The maximum Gasteiger partial charge on any atom is 0.319 e. The van der Waals surface area contributed by atoms with E-state index in [0.717, 1.165) is 24.0 Å². The lowest BCUT2D eigenvalue weighted by molar-refractivity contribution is 0.123. The number of aromatic nitrogens is 2. The lowest BCUT2D eigenvalue weighted by Crippen LogP contribution is -2.44. The summed E-state index contributed by atoms with van der Waals surface area (Å²) in [6.45, 7) is 2.81. The second kappa shape index (κ2) is 8.01. The molecule has 1 fully saturated rings. The highest BCUT2D eigenvalue weighted by molar-refractivity contribution is 7.88. The zero-order valence-electron chi connectivity index (χ0n) is 15.0. The second-order valence-electron chi connectivity index (χ2n) is 6.36. The molecule has 7 nitrogen and oxygen atoms in total. The lowest BCUT2D eigenvalue weighted by atomic mass is 10.1. The van der Waals surface area contributed by atoms with Gasteiger partial charge in [-0.3, -0.25) is 0 Å². The lowest BCUT2D eigenvalue weighted by Gasteiger charge is -2.31. The van der Waals surface area contributed by atoms with Crippen LogP contribution >= 0.6 is 0 Å². The van der Waals surface area contributed by atoms with Crippen molar-refractivity contribution in [2.75, 3.05) is 20.2 Å². The minimum Gasteiger partial charge on any atom is -0.473 e. The Kier molecular flexibility index (Phi) is 5.73. The molecule has 1 aliphatic rings. The van der Waals surface area contributed by atoms with Gasteiger partial charge in [0.2, 0.25) is 15.9 Å². The Balaban J connectivity index is 1.65. The summed E-state index contributed by atoms with van der Waals surface area (Å²) in [5.41, 5.74) is 1.90. The minimum atomic E-state index is -3.39. The van der Waals surface area contributed by atoms with E-state index in [1.54, 1.807) is 12.3 Å². The predicted octanol–water partition coefficient (Wildman–Crippen LogP) is 2.17. The maximum atomic E-state index is 12.8. The zero-order chi connectivity index (χ0) is 18.6. The van der Waals surface area contributed by atoms with Gasteiger partial charge in [-0.15, -0.1) is 0 Å². The Bertz CT molecular complexity index is 840. The number of ether oxygens (including phenoxy) is 2. The Labute approximate surface area is 154 Å². The number of aryl methyl sites for hydroxylation is 1. The van der Waals surface area contributed by atoms with E-state index in [1.165, 1.54) is 11.4 Å². The normalized spacial score (nSPS) is 18.5. The van der Waals surface area contributed by atoms with Crippen molar-refractivity contribution in [3.05, 3.63) is 47.7 Å². The Morgan fingerprint density at radius 1 is 1.23 bits per heavy atom. The summed E-state index contributed by atoms with van der Waals surface area (Å²) in [6, 6.07) is 9.44. The van der Waals surface area contributed by atoms with Crippen LogP contribution in [0.25, 0.3) is 0 Å². The SMILES string of the molecule is COc1nccc(OC2CCCN(S(=O)(=O)Cc3ccc(C)cc3)C2)n1. The van der Waals surface area contributed by atoms with Crippen molar-refractivity contribution < 1.29 is 17.9 Å². The quantitative estimate of drug-likeness (QED) is 0.767. The van der Waals surface area contributed by atoms with Crippen molar-refractivity contribution in [2.45, 2.75) is 31.6 Å². The molecular formula is C18H23N3O4S. The first kappa shape index (κ1) is 18.6. The minimum absolute atomic E-state index is 0.00132. The van der Waals surface area contributed by atoms with Gasteiger partial charge in [0, 0.05) is 18.8 Å². The first-order valence-electron chi connectivity index (χ1n) is 8.53. The summed E-state index contributed by atoms with van der Waals surface area (Å²) >= 11 is 0. The zero-order valence-corrected chi connectivity index (χ0v) is 15.8. The molecule has 1 aromatic heterocycles. The fraction of sp³-hybridized carbons (Fsp3) is 0.444. The molecule has 3 rings (SSSR count). The molecular weight excluding hydrogens is 354 g/mol. The van der Waals surface area contributed by atoms with Crippen LogP contribution < -0.4 is 9.47 Å². The highest BCUT2D eigenvalue weighted by Crippen LogP contribution is 2.21. The molecule has 1 aliphatic heterocycles. The second-order valence-corrected chi connectivity index (χ2v) is 8.33. The molecule has 26 heavy (non-hydrogen) atoms. The standard InChI is InChI=1S/C18H23N3O4S/c1-14-5-7-15(8-6-14)13-26(22,23)21-11-3-4-16(12-21)25-17-9-10-19-18(20-17)24-2/h5-10,16H,3-4,11-13H2,1-2H3. The van der Waals surface area contributed by atoms with Crippen LogP contribution in [0, 0.1) is 6.92 Å². The van der Waals surface area contributed by atoms with E-state index in [2.05, 4.69) is 9.97 Å². The van der Waals surface area contributed by atoms with Crippen LogP contribution in [0.5, 0.6) is 11.9 Å². The molecule has 8 heteroatoms. The van der Waals surface area contributed by atoms with E-state index < -0.39 is 10.0 Å². The van der Waals surface area contributed by atoms with Crippen molar-refractivity contribution in [1.82, 2.24) is 14.3 Å². The van der Waals surface area contributed by atoms with Gasteiger partial charge >= 0.3 is 6.01 Å². The number of piperidine rings is 1. The van der Waals surface area contributed by atoms with Crippen LogP contribution in [0.15, 0.2) is 36.5 Å². The smallest absolute Gasteiger partial charge is 0.319 e. The highest BCUT2D eigenvalue weighted by atomic mass is 32.2. The summed E-state index contributed by atoms with van der Waals surface area (Å²) in [6.07, 6.45) is 2.84. The van der Waals surface area contributed by atoms with Crippen molar-refractivity contribution in [3.63, 3.8) is 0 Å². The molecule has 0 spiro atoms. The third-order valence-electron chi connectivity index (χ3n) is 4.28. The molecule has 0 bridgehead atoms. The van der Waals surface area contributed by atoms with Gasteiger partial charge in [0.15, 0.2) is 0 Å². The van der Waals surface area contributed by atoms with Crippen molar-refractivity contribution in [2.24, 2.45) is 0 Å². The van der Waals surface area contributed by atoms with Crippen LogP contribution in [0.2, 0.25) is 0 Å². The van der Waals surface area contributed by atoms with Crippen molar-refractivity contribution >= 4 is 10.0 Å². The van der Waals surface area contributed by atoms with Gasteiger partial charge in [0.05, 0.1) is 19.4 Å². The number of hydrogen-bond acceptors (Lipinski definition) is 6. The van der Waals surface area contributed by atoms with E-state index in [9.17, 15) is 8.42 Å². The number of benzene rings is 1. The van der Waals surface area contributed by atoms with E-state index in [4.69, 9.17) is 9.47 Å². The van der Waals surface area contributed by atoms with Gasteiger partial charge in [0.25, 0.3) is 0 Å². The first-order chi connectivity index (χ1) is 12.5. The molecule has 0 saturated carbocycles. The maximum absolute atomic E-state index is 12.8. The largest absolute Gasteiger partial charge is 0.473 e. The molecule has 1 aromatic carbocycles. The van der Waals surface area contributed by atoms with Crippen LogP contribution in [0.3, 0.4) is 0 Å². The van der Waals surface area contributed by atoms with Gasteiger partial charge in [-0.2, -0.15) is 9.29 Å². The van der Waals surface area contributed by atoms with Crippen molar-refractivity contribution in [1.29, 1.82) is 0 Å². The Morgan fingerprint density at radius 3 is 2.73 bits per heavy atom. The van der Waals surface area contributed by atoms with E-state index in [0.29, 0.717) is 19.0 Å². The summed E-state index contributed by atoms with van der Waals surface area (Å²) in [4.78, 5) is 8.06. The van der Waals surface area contributed by atoms with Gasteiger partial charge in [-0.05, 0) is 25.3 Å². The molecule has 2 heterocycles. The number of rotatable bonds is 6. The van der Waals surface area contributed by atoms with Gasteiger partial charge < -0.3 is 9.47 Å². The molecule has 140 valence electrons. The number of nitrogens with zero attached hydrogens (tertiary/aromatic N) is 3. The van der Waals surface area contributed by atoms with E-state index in [1.807, 2.05) is 31.2 Å². The summed E-state index contributed by atoms with van der Waals surface area (Å²) in [5.74, 6) is 0.390.